The molecule has 2 aromatic rings. The molecule has 0 fully saturated rings. The van der Waals surface area contributed by atoms with Gasteiger partial charge < -0.3 is 4.74 Å². The minimum atomic E-state index is -0.407. The molecule has 0 N–H and O–H groups in total. The first-order valence-corrected chi connectivity index (χ1v) is 6.02. The predicted octanol–water partition coefficient (Wildman–Crippen LogP) is 4.06. The van der Waals surface area contributed by atoms with Crippen LogP contribution in [0.2, 0.25) is 5.02 Å². The average molecular weight is 278 g/mol. The molecule has 19 heavy (non-hydrogen) atoms. The summed E-state index contributed by atoms with van der Waals surface area (Å²) in [7, 11) is 1.58. The molecular weight excluding hydrogens is 266 g/mol. The van der Waals surface area contributed by atoms with Crippen LogP contribution < -0.4 is 0 Å². The normalized spacial score (nSPS) is 10.4. The number of halogens is 1. The van der Waals surface area contributed by atoms with Crippen molar-refractivity contribution in [3.8, 4) is 11.1 Å². The van der Waals surface area contributed by atoms with Gasteiger partial charge in [0.05, 0.1) is 17.1 Å². The van der Waals surface area contributed by atoms with E-state index in [2.05, 4.69) is 0 Å². The maximum Gasteiger partial charge on any atom is 0.277 e. The molecule has 4 nitrogen and oxygen atoms in total. The topological polar surface area (TPSA) is 52.4 Å². The molecule has 0 aliphatic heterocycles. The summed E-state index contributed by atoms with van der Waals surface area (Å²) in [4.78, 5) is 10.7. The van der Waals surface area contributed by atoms with E-state index in [1.165, 1.54) is 6.07 Å². The number of hydrogen-bond donors (Lipinski definition) is 0. The first-order valence-electron chi connectivity index (χ1n) is 5.64. The lowest BCUT2D eigenvalue weighted by atomic mass is 10.0. The summed E-state index contributed by atoms with van der Waals surface area (Å²) < 4.78 is 5.05. The van der Waals surface area contributed by atoms with Crippen LogP contribution in [0.3, 0.4) is 0 Å². The lowest BCUT2D eigenvalue weighted by molar-refractivity contribution is -0.384. The Morgan fingerprint density at radius 2 is 1.95 bits per heavy atom. The molecule has 0 saturated heterocycles. The van der Waals surface area contributed by atoms with Crippen LogP contribution in [-0.4, -0.2) is 12.0 Å². The van der Waals surface area contributed by atoms with Crippen LogP contribution in [-0.2, 0) is 11.3 Å². The number of ether oxygens (including phenoxy) is 1. The van der Waals surface area contributed by atoms with Crippen molar-refractivity contribution in [1.29, 1.82) is 0 Å². The van der Waals surface area contributed by atoms with Gasteiger partial charge in [-0.25, -0.2) is 0 Å². The fourth-order valence-electron chi connectivity index (χ4n) is 1.89. The summed E-state index contributed by atoms with van der Waals surface area (Å²) in [6.07, 6.45) is 0. The molecule has 0 aliphatic rings. The molecule has 0 unspecified atom stereocenters. The zero-order valence-electron chi connectivity index (χ0n) is 10.3. The molecule has 0 saturated carbocycles. The van der Waals surface area contributed by atoms with Crippen molar-refractivity contribution in [3.05, 3.63) is 63.2 Å². The summed E-state index contributed by atoms with van der Waals surface area (Å²) >= 11 is 6.11. The van der Waals surface area contributed by atoms with E-state index in [9.17, 15) is 10.1 Å². The highest BCUT2D eigenvalue weighted by molar-refractivity contribution is 6.33. The highest BCUT2D eigenvalue weighted by Crippen LogP contribution is 2.35. The number of methoxy groups -OCH3 is 1. The minimum Gasteiger partial charge on any atom is -0.380 e. The molecule has 0 bridgehead atoms. The molecule has 0 amide bonds. The Hall–Kier alpha value is -1.91. The van der Waals surface area contributed by atoms with Gasteiger partial charge in [0.15, 0.2) is 0 Å². The van der Waals surface area contributed by atoms with Gasteiger partial charge in [-0.1, -0.05) is 29.8 Å². The van der Waals surface area contributed by atoms with Gasteiger partial charge in [0.25, 0.3) is 5.69 Å². The molecule has 2 aromatic carbocycles. The van der Waals surface area contributed by atoms with Crippen molar-refractivity contribution >= 4 is 17.3 Å². The fourth-order valence-corrected chi connectivity index (χ4v) is 2.13. The molecule has 0 spiro atoms. The second-order valence-corrected chi connectivity index (χ2v) is 4.43. The Balaban J connectivity index is 2.61. The standard InChI is InChI=1S/C14H12ClNO3/c1-19-9-10-6-7-14(16(17)18)12(8-10)11-4-2-3-5-13(11)15/h2-8H,9H2,1H3. The molecular formula is C14H12ClNO3. The van der Waals surface area contributed by atoms with E-state index in [-0.39, 0.29) is 5.69 Å². The molecule has 0 aliphatic carbocycles. The lowest BCUT2D eigenvalue weighted by Gasteiger charge is -2.08. The predicted molar refractivity (Wildman–Crippen MR) is 74.3 cm³/mol. The van der Waals surface area contributed by atoms with Crippen molar-refractivity contribution < 1.29 is 9.66 Å². The van der Waals surface area contributed by atoms with Crippen LogP contribution in [0.15, 0.2) is 42.5 Å². The Labute approximate surface area is 115 Å². The highest BCUT2D eigenvalue weighted by Gasteiger charge is 2.17. The number of nitrogens with zero attached hydrogens (tertiary/aromatic N) is 1. The van der Waals surface area contributed by atoms with Gasteiger partial charge in [0.1, 0.15) is 0 Å². The summed E-state index contributed by atoms with van der Waals surface area (Å²) in [5.74, 6) is 0. The largest absolute Gasteiger partial charge is 0.380 e. The van der Waals surface area contributed by atoms with E-state index in [0.717, 1.165) is 5.56 Å². The average Bonchev–Trinajstić information content (AvgIpc) is 2.39. The monoisotopic (exact) mass is 277 g/mol. The fraction of sp³-hybridized carbons (Fsp3) is 0.143. The summed E-state index contributed by atoms with van der Waals surface area (Å²) in [5.41, 5.74) is 2.05. The molecule has 0 atom stereocenters. The third-order valence-electron chi connectivity index (χ3n) is 2.73. The molecule has 5 heteroatoms. The van der Waals surface area contributed by atoms with Crippen molar-refractivity contribution in [2.75, 3.05) is 7.11 Å². The van der Waals surface area contributed by atoms with Gasteiger partial charge >= 0.3 is 0 Å². The number of nitro benzene ring substituents is 1. The second kappa shape index (κ2) is 5.82. The first-order chi connectivity index (χ1) is 9.13. The van der Waals surface area contributed by atoms with E-state index < -0.39 is 4.92 Å². The van der Waals surface area contributed by atoms with E-state index in [0.29, 0.717) is 22.8 Å². The summed E-state index contributed by atoms with van der Waals surface area (Å²) in [5, 5.41) is 11.6. The zero-order valence-corrected chi connectivity index (χ0v) is 11.1. The van der Waals surface area contributed by atoms with E-state index in [4.69, 9.17) is 16.3 Å². The first kappa shape index (κ1) is 13.5. The Morgan fingerprint density at radius 3 is 2.58 bits per heavy atom. The van der Waals surface area contributed by atoms with Gasteiger partial charge in [0, 0.05) is 23.8 Å². The molecule has 0 heterocycles. The van der Waals surface area contributed by atoms with Crippen LogP contribution in [0.1, 0.15) is 5.56 Å². The van der Waals surface area contributed by atoms with Gasteiger partial charge in [-0.15, -0.1) is 0 Å². The second-order valence-electron chi connectivity index (χ2n) is 4.02. The van der Waals surface area contributed by atoms with Crippen molar-refractivity contribution in [2.24, 2.45) is 0 Å². The zero-order chi connectivity index (χ0) is 13.8. The maximum absolute atomic E-state index is 11.1. The van der Waals surface area contributed by atoms with E-state index in [1.54, 1.807) is 43.5 Å². The number of nitro groups is 1. The highest BCUT2D eigenvalue weighted by atomic mass is 35.5. The minimum absolute atomic E-state index is 0.0351. The van der Waals surface area contributed by atoms with Gasteiger partial charge in [-0.2, -0.15) is 0 Å². The third kappa shape index (κ3) is 2.92. The van der Waals surface area contributed by atoms with Crippen LogP contribution in [0.25, 0.3) is 11.1 Å². The van der Waals surface area contributed by atoms with Crippen molar-refractivity contribution in [1.82, 2.24) is 0 Å². The van der Waals surface area contributed by atoms with Crippen LogP contribution >= 0.6 is 11.6 Å². The van der Waals surface area contributed by atoms with Crippen LogP contribution in [0.5, 0.6) is 0 Å². The molecule has 0 radical (unpaired) electrons. The maximum atomic E-state index is 11.1. The van der Waals surface area contributed by atoms with E-state index in [1.807, 2.05) is 0 Å². The van der Waals surface area contributed by atoms with Gasteiger partial charge in [0.2, 0.25) is 0 Å². The lowest BCUT2D eigenvalue weighted by Crippen LogP contribution is -1.95. The molecule has 2 rings (SSSR count). The van der Waals surface area contributed by atoms with Gasteiger partial charge in [-0.3, -0.25) is 10.1 Å². The number of rotatable bonds is 4. The molecule has 98 valence electrons. The quantitative estimate of drug-likeness (QED) is 0.625. The number of benzene rings is 2. The van der Waals surface area contributed by atoms with E-state index >= 15 is 0 Å². The Kier molecular flexibility index (Phi) is 4.14. The van der Waals surface area contributed by atoms with Gasteiger partial charge in [-0.05, 0) is 23.8 Å². The SMILES string of the molecule is COCc1ccc([N+](=O)[O-])c(-c2ccccc2Cl)c1. The van der Waals surface area contributed by atoms with Crippen molar-refractivity contribution in [3.63, 3.8) is 0 Å². The smallest absolute Gasteiger partial charge is 0.277 e. The number of hydrogen-bond acceptors (Lipinski definition) is 3. The summed E-state index contributed by atoms with van der Waals surface area (Å²) in [6, 6.07) is 12.0. The molecule has 0 aromatic heterocycles. The third-order valence-corrected chi connectivity index (χ3v) is 3.06. The van der Waals surface area contributed by atoms with Crippen LogP contribution in [0, 0.1) is 10.1 Å². The Morgan fingerprint density at radius 1 is 1.21 bits per heavy atom. The van der Waals surface area contributed by atoms with Crippen LogP contribution in [0.4, 0.5) is 5.69 Å². The Bertz CT molecular complexity index is 613. The summed E-state index contributed by atoms with van der Waals surface area (Å²) in [6.45, 7) is 0.398. The van der Waals surface area contributed by atoms with Crippen molar-refractivity contribution in [2.45, 2.75) is 6.61 Å².